The number of hydrogen-bond donors (Lipinski definition) is 2. The molecule has 5 heteroatoms. The molecule has 0 spiro atoms. The molecular weight excluding hydrogens is 168 g/mol. The first-order valence-corrected chi connectivity index (χ1v) is 4.25. The van der Waals surface area contributed by atoms with Crippen molar-refractivity contribution in [1.29, 1.82) is 5.26 Å². The SMILES string of the molecule is CN1CCC(C#N)(NC(N)=O)CC1. The zero-order valence-corrected chi connectivity index (χ0v) is 7.71. The second-order valence-corrected chi connectivity index (χ2v) is 3.49. The summed E-state index contributed by atoms with van der Waals surface area (Å²) in [6.07, 6.45) is 1.28. The van der Waals surface area contributed by atoms with Crippen molar-refractivity contribution in [3.8, 4) is 6.07 Å². The Labute approximate surface area is 77.5 Å². The molecule has 0 atom stereocenters. The Morgan fingerprint density at radius 3 is 2.54 bits per heavy atom. The molecule has 0 radical (unpaired) electrons. The number of nitrogens with two attached hydrogens (primary N) is 1. The predicted molar refractivity (Wildman–Crippen MR) is 47.8 cm³/mol. The highest BCUT2D eigenvalue weighted by Crippen LogP contribution is 2.20. The highest BCUT2D eigenvalue weighted by atomic mass is 16.2. The molecule has 13 heavy (non-hydrogen) atoms. The lowest BCUT2D eigenvalue weighted by Crippen LogP contribution is -2.55. The van der Waals surface area contributed by atoms with Gasteiger partial charge in [-0.05, 0) is 19.9 Å². The van der Waals surface area contributed by atoms with Gasteiger partial charge in [0.1, 0.15) is 5.54 Å². The third-order valence-electron chi connectivity index (χ3n) is 2.42. The van der Waals surface area contributed by atoms with Crippen LogP contribution in [0, 0.1) is 11.3 Å². The number of nitrogens with one attached hydrogen (secondary N) is 1. The van der Waals surface area contributed by atoms with E-state index in [1.807, 2.05) is 7.05 Å². The standard InChI is InChI=1S/C8H14N4O/c1-12-4-2-8(6-9,3-5-12)11-7(10)13/h2-5H2,1H3,(H3,10,11,13). The second kappa shape index (κ2) is 3.62. The number of carbonyl (C=O) groups excluding carboxylic acids is 1. The average molecular weight is 182 g/mol. The van der Waals surface area contributed by atoms with E-state index in [1.54, 1.807) is 0 Å². The van der Waals surface area contributed by atoms with Gasteiger partial charge in [-0.1, -0.05) is 0 Å². The van der Waals surface area contributed by atoms with Gasteiger partial charge < -0.3 is 16.0 Å². The van der Waals surface area contributed by atoms with E-state index in [0.717, 1.165) is 13.1 Å². The van der Waals surface area contributed by atoms with Gasteiger partial charge in [0, 0.05) is 13.1 Å². The number of nitriles is 1. The maximum Gasteiger partial charge on any atom is 0.313 e. The second-order valence-electron chi connectivity index (χ2n) is 3.49. The van der Waals surface area contributed by atoms with E-state index < -0.39 is 11.6 Å². The van der Waals surface area contributed by atoms with Gasteiger partial charge in [-0.2, -0.15) is 5.26 Å². The van der Waals surface area contributed by atoms with Crippen LogP contribution in [0.1, 0.15) is 12.8 Å². The average Bonchev–Trinajstić information content (AvgIpc) is 2.09. The first-order chi connectivity index (χ1) is 6.08. The third kappa shape index (κ3) is 2.33. The van der Waals surface area contributed by atoms with E-state index in [0.29, 0.717) is 12.8 Å². The van der Waals surface area contributed by atoms with Crippen molar-refractivity contribution in [2.24, 2.45) is 5.73 Å². The number of nitrogens with zero attached hydrogens (tertiary/aromatic N) is 2. The number of hydrogen-bond acceptors (Lipinski definition) is 3. The lowest BCUT2D eigenvalue weighted by atomic mass is 9.89. The first-order valence-electron chi connectivity index (χ1n) is 4.25. The Morgan fingerprint density at radius 2 is 2.15 bits per heavy atom. The van der Waals surface area contributed by atoms with Crippen molar-refractivity contribution < 1.29 is 4.79 Å². The van der Waals surface area contributed by atoms with Crippen LogP contribution in [0.5, 0.6) is 0 Å². The van der Waals surface area contributed by atoms with E-state index in [1.165, 1.54) is 0 Å². The van der Waals surface area contributed by atoms with E-state index in [9.17, 15) is 4.79 Å². The molecular formula is C8H14N4O. The quantitative estimate of drug-likeness (QED) is 0.581. The largest absolute Gasteiger partial charge is 0.352 e. The van der Waals surface area contributed by atoms with Crippen LogP contribution in [0.2, 0.25) is 0 Å². The van der Waals surface area contributed by atoms with Crippen molar-refractivity contribution in [1.82, 2.24) is 10.2 Å². The highest BCUT2D eigenvalue weighted by Gasteiger charge is 2.34. The third-order valence-corrected chi connectivity index (χ3v) is 2.42. The first kappa shape index (κ1) is 9.81. The van der Waals surface area contributed by atoms with Crippen LogP contribution in [-0.2, 0) is 0 Å². The minimum Gasteiger partial charge on any atom is -0.352 e. The van der Waals surface area contributed by atoms with Gasteiger partial charge in [-0.15, -0.1) is 0 Å². The van der Waals surface area contributed by atoms with E-state index in [4.69, 9.17) is 11.0 Å². The molecule has 0 aromatic heterocycles. The molecule has 3 N–H and O–H groups in total. The van der Waals surface area contributed by atoms with E-state index >= 15 is 0 Å². The number of piperidine rings is 1. The zero-order valence-electron chi connectivity index (χ0n) is 7.71. The smallest absolute Gasteiger partial charge is 0.313 e. The Morgan fingerprint density at radius 1 is 1.62 bits per heavy atom. The van der Waals surface area contributed by atoms with E-state index in [2.05, 4.69) is 16.3 Å². The number of likely N-dealkylation sites (tertiary alicyclic amines) is 1. The number of carbonyl (C=O) groups is 1. The van der Waals surface area contributed by atoms with Crippen molar-refractivity contribution in [2.75, 3.05) is 20.1 Å². The van der Waals surface area contributed by atoms with Crippen molar-refractivity contribution >= 4 is 6.03 Å². The Kier molecular flexibility index (Phi) is 2.73. The lowest BCUT2D eigenvalue weighted by Gasteiger charge is -2.35. The van der Waals surface area contributed by atoms with Crippen LogP contribution in [0.3, 0.4) is 0 Å². The van der Waals surface area contributed by atoms with Crippen LogP contribution in [0.25, 0.3) is 0 Å². The molecule has 72 valence electrons. The van der Waals surface area contributed by atoms with Gasteiger partial charge in [0.05, 0.1) is 6.07 Å². The van der Waals surface area contributed by atoms with Gasteiger partial charge in [0.25, 0.3) is 0 Å². The molecule has 0 saturated carbocycles. The Hall–Kier alpha value is -1.28. The molecule has 0 aliphatic carbocycles. The van der Waals surface area contributed by atoms with Crippen molar-refractivity contribution in [3.63, 3.8) is 0 Å². The maximum atomic E-state index is 10.7. The summed E-state index contributed by atoms with van der Waals surface area (Å²) in [6.45, 7) is 1.63. The number of primary amides is 1. The normalized spacial score (nSPS) is 21.8. The molecule has 1 aliphatic heterocycles. The minimum atomic E-state index is -0.738. The fourth-order valence-corrected chi connectivity index (χ4v) is 1.50. The molecule has 5 nitrogen and oxygen atoms in total. The number of rotatable bonds is 1. The fraction of sp³-hybridized carbons (Fsp3) is 0.750. The number of amides is 2. The molecule has 0 aromatic carbocycles. The molecule has 1 heterocycles. The topological polar surface area (TPSA) is 82.2 Å². The summed E-state index contributed by atoms with van der Waals surface area (Å²) in [7, 11) is 1.99. The molecule has 1 saturated heterocycles. The molecule has 0 aromatic rings. The van der Waals surface area contributed by atoms with Crippen LogP contribution in [-0.4, -0.2) is 36.6 Å². The van der Waals surface area contributed by atoms with Gasteiger partial charge in [0.2, 0.25) is 0 Å². The van der Waals surface area contributed by atoms with Gasteiger partial charge >= 0.3 is 6.03 Å². The maximum absolute atomic E-state index is 10.7. The Balaban J connectivity index is 2.62. The monoisotopic (exact) mass is 182 g/mol. The summed E-state index contributed by atoms with van der Waals surface area (Å²) in [4.78, 5) is 12.8. The minimum absolute atomic E-state index is 0.619. The summed E-state index contributed by atoms with van der Waals surface area (Å²) in [6, 6.07) is 1.51. The summed E-state index contributed by atoms with van der Waals surface area (Å²) in [5.74, 6) is 0. The summed E-state index contributed by atoms with van der Waals surface area (Å²) in [5, 5.41) is 11.5. The predicted octanol–water partition coefficient (Wildman–Crippen LogP) is -0.357. The molecule has 0 unspecified atom stereocenters. The van der Waals surface area contributed by atoms with Gasteiger partial charge in [-0.3, -0.25) is 0 Å². The molecule has 1 rings (SSSR count). The van der Waals surface area contributed by atoms with E-state index in [-0.39, 0.29) is 0 Å². The molecule has 2 amide bonds. The van der Waals surface area contributed by atoms with Crippen LogP contribution < -0.4 is 11.1 Å². The summed E-state index contributed by atoms with van der Waals surface area (Å²) >= 11 is 0. The number of urea groups is 1. The molecule has 1 aliphatic rings. The van der Waals surface area contributed by atoms with Gasteiger partial charge in [0.15, 0.2) is 0 Å². The van der Waals surface area contributed by atoms with Crippen LogP contribution >= 0.6 is 0 Å². The molecule has 1 fully saturated rings. The Bertz CT molecular complexity index is 237. The highest BCUT2D eigenvalue weighted by molar-refractivity contribution is 5.73. The fourth-order valence-electron chi connectivity index (χ4n) is 1.50. The summed E-state index contributed by atoms with van der Waals surface area (Å²) < 4.78 is 0. The zero-order chi connectivity index (χ0) is 9.90. The van der Waals surface area contributed by atoms with Crippen LogP contribution in [0.4, 0.5) is 4.79 Å². The lowest BCUT2D eigenvalue weighted by molar-refractivity contribution is 0.191. The molecule has 0 bridgehead atoms. The van der Waals surface area contributed by atoms with Crippen LogP contribution in [0.15, 0.2) is 0 Å². The van der Waals surface area contributed by atoms with Crippen molar-refractivity contribution in [3.05, 3.63) is 0 Å². The van der Waals surface area contributed by atoms with Gasteiger partial charge in [-0.25, -0.2) is 4.79 Å². The summed E-state index contributed by atoms with van der Waals surface area (Å²) in [5.41, 5.74) is 4.27. The van der Waals surface area contributed by atoms with Crippen molar-refractivity contribution in [2.45, 2.75) is 18.4 Å².